The van der Waals surface area contributed by atoms with Crippen LogP contribution in [0.2, 0.25) is 0 Å². The zero-order chi connectivity index (χ0) is 14.2. The topological polar surface area (TPSA) is 92.7 Å². The molecular weight excluding hydrogens is 258 g/mol. The minimum atomic E-state index is -3.59. The lowest BCUT2D eigenvalue weighted by Gasteiger charge is -2.16. The summed E-state index contributed by atoms with van der Waals surface area (Å²) in [6.45, 7) is 3.99. The van der Waals surface area contributed by atoms with Gasteiger partial charge in [-0.1, -0.05) is 26.7 Å². The van der Waals surface area contributed by atoms with Gasteiger partial charge in [-0.2, -0.15) is 0 Å². The number of carboxylic acid groups (broad SMARTS) is 1. The molecule has 108 valence electrons. The van der Waals surface area contributed by atoms with Crippen molar-refractivity contribution in [2.75, 3.05) is 19.5 Å². The van der Waals surface area contributed by atoms with E-state index in [1.165, 1.54) is 7.11 Å². The fourth-order valence-electron chi connectivity index (χ4n) is 1.61. The van der Waals surface area contributed by atoms with Crippen molar-refractivity contribution in [3.05, 3.63) is 0 Å². The molecule has 1 unspecified atom stereocenters. The summed E-state index contributed by atoms with van der Waals surface area (Å²) in [5.41, 5.74) is 0. The Hall–Kier alpha value is -0.660. The minimum absolute atomic E-state index is 0.128. The summed E-state index contributed by atoms with van der Waals surface area (Å²) < 4.78 is 30.6. The number of aliphatic carboxylic acids is 1. The molecule has 2 N–H and O–H groups in total. The van der Waals surface area contributed by atoms with Crippen molar-refractivity contribution in [2.45, 2.75) is 39.2 Å². The van der Waals surface area contributed by atoms with Crippen LogP contribution < -0.4 is 4.72 Å². The number of hydrogen-bond acceptors (Lipinski definition) is 4. The molecule has 0 heterocycles. The monoisotopic (exact) mass is 281 g/mol. The summed E-state index contributed by atoms with van der Waals surface area (Å²) in [5, 5.41) is 8.95. The number of carbonyl (C=O) groups is 1. The predicted octanol–water partition coefficient (Wildman–Crippen LogP) is 0.832. The highest BCUT2D eigenvalue weighted by Crippen LogP contribution is 2.06. The molecule has 0 amide bonds. The number of hydrogen-bond donors (Lipinski definition) is 2. The highest BCUT2D eigenvalue weighted by Gasteiger charge is 2.24. The molecule has 0 aromatic rings. The largest absolute Gasteiger partial charge is 0.480 e. The lowest BCUT2D eigenvalue weighted by Crippen LogP contribution is -2.43. The Labute approximate surface area is 109 Å². The van der Waals surface area contributed by atoms with Crippen LogP contribution in [0.3, 0.4) is 0 Å². The van der Waals surface area contributed by atoms with E-state index in [2.05, 4.69) is 4.72 Å². The van der Waals surface area contributed by atoms with Gasteiger partial charge < -0.3 is 9.84 Å². The number of unbranched alkanes of at least 4 members (excludes halogenated alkanes) is 1. The van der Waals surface area contributed by atoms with E-state index in [0.29, 0.717) is 19.4 Å². The first-order chi connectivity index (χ1) is 8.32. The zero-order valence-corrected chi connectivity index (χ0v) is 12.0. The summed E-state index contributed by atoms with van der Waals surface area (Å²) in [6, 6.07) is -1.04. The number of ether oxygens (including phenoxy) is 1. The molecule has 0 aromatic heterocycles. The second kappa shape index (κ2) is 8.44. The number of nitrogens with one attached hydrogen (secondary N) is 1. The fourth-order valence-corrected chi connectivity index (χ4v) is 3.21. The van der Waals surface area contributed by atoms with E-state index in [1.54, 1.807) is 6.92 Å². The molecule has 0 aliphatic heterocycles. The maximum absolute atomic E-state index is 11.8. The van der Waals surface area contributed by atoms with Gasteiger partial charge in [0, 0.05) is 13.7 Å². The van der Waals surface area contributed by atoms with Gasteiger partial charge in [-0.25, -0.2) is 13.1 Å². The van der Waals surface area contributed by atoms with E-state index >= 15 is 0 Å². The number of sulfonamides is 1. The smallest absolute Gasteiger partial charge is 0.321 e. The third kappa shape index (κ3) is 7.62. The van der Waals surface area contributed by atoms with E-state index in [9.17, 15) is 13.2 Å². The first-order valence-corrected chi connectivity index (χ1v) is 7.69. The molecule has 0 aliphatic carbocycles. The van der Waals surface area contributed by atoms with Crippen molar-refractivity contribution >= 4 is 16.0 Å². The Morgan fingerprint density at radius 2 is 2.06 bits per heavy atom. The van der Waals surface area contributed by atoms with Gasteiger partial charge in [0.1, 0.15) is 6.04 Å². The van der Waals surface area contributed by atoms with Gasteiger partial charge in [0.2, 0.25) is 10.0 Å². The molecule has 6 nitrogen and oxygen atoms in total. The van der Waals surface area contributed by atoms with Gasteiger partial charge in [-0.3, -0.25) is 4.79 Å². The Bertz CT molecular complexity index is 341. The lowest BCUT2D eigenvalue weighted by molar-refractivity contribution is -0.139. The summed E-state index contributed by atoms with van der Waals surface area (Å²) in [6.07, 6.45) is 1.81. The Balaban J connectivity index is 4.46. The number of methoxy groups -OCH3 is 1. The highest BCUT2D eigenvalue weighted by molar-refractivity contribution is 7.89. The van der Waals surface area contributed by atoms with Crippen LogP contribution in [0.4, 0.5) is 0 Å². The molecule has 18 heavy (non-hydrogen) atoms. The minimum Gasteiger partial charge on any atom is -0.480 e. The van der Waals surface area contributed by atoms with Crippen LogP contribution in [0.5, 0.6) is 0 Å². The van der Waals surface area contributed by atoms with Crippen LogP contribution in [-0.4, -0.2) is 45.0 Å². The number of rotatable bonds is 10. The molecular formula is C11H23NO5S. The van der Waals surface area contributed by atoms with Crippen molar-refractivity contribution in [2.24, 2.45) is 5.92 Å². The second-order valence-electron chi connectivity index (χ2n) is 4.49. The highest BCUT2D eigenvalue weighted by atomic mass is 32.2. The third-order valence-electron chi connectivity index (χ3n) is 2.42. The van der Waals surface area contributed by atoms with Gasteiger partial charge >= 0.3 is 5.97 Å². The van der Waals surface area contributed by atoms with Crippen LogP contribution >= 0.6 is 0 Å². The van der Waals surface area contributed by atoms with Crippen molar-refractivity contribution in [3.63, 3.8) is 0 Å². The molecule has 7 heteroatoms. The molecule has 0 fully saturated rings. The van der Waals surface area contributed by atoms with Gasteiger partial charge in [-0.15, -0.1) is 0 Å². The molecule has 0 spiro atoms. The second-order valence-corrected chi connectivity index (χ2v) is 6.29. The molecule has 0 aromatic carbocycles. The van der Waals surface area contributed by atoms with Crippen LogP contribution in [0.1, 0.15) is 33.1 Å². The molecule has 0 saturated heterocycles. The summed E-state index contributed by atoms with van der Waals surface area (Å²) in [5.74, 6) is -1.43. The van der Waals surface area contributed by atoms with Gasteiger partial charge in [0.05, 0.1) is 5.75 Å². The maximum atomic E-state index is 11.8. The summed E-state index contributed by atoms with van der Waals surface area (Å²) in [7, 11) is -2.09. The quantitative estimate of drug-likeness (QED) is 0.619. The Morgan fingerprint density at radius 1 is 1.44 bits per heavy atom. The van der Waals surface area contributed by atoms with Gasteiger partial charge in [0.25, 0.3) is 0 Å². The Morgan fingerprint density at radius 3 is 2.50 bits per heavy atom. The molecule has 0 radical (unpaired) electrons. The van der Waals surface area contributed by atoms with E-state index in [0.717, 1.165) is 6.42 Å². The lowest BCUT2D eigenvalue weighted by atomic mass is 10.1. The third-order valence-corrected chi connectivity index (χ3v) is 4.07. The van der Waals surface area contributed by atoms with E-state index in [-0.39, 0.29) is 11.7 Å². The van der Waals surface area contributed by atoms with E-state index < -0.39 is 22.0 Å². The van der Waals surface area contributed by atoms with Crippen LogP contribution in [-0.2, 0) is 19.6 Å². The predicted molar refractivity (Wildman–Crippen MR) is 68.9 cm³/mol. The maximum Gasteiger partial charge on any atom is 0.321 e. The van der Waals surface area contributed by atoms with E-state index in [1.807, 2.05) is 6.92 Å². The molecule has 0 rings (SSSR count). The standard InChI is InChI=1S/C11H23NO5S/c1-4-5-6-10(11(13)14)12-18(15,16)8-9(2)7-17-3/h9-10,12H,4-8H2,1-3H3,(H,13,14)/t9?,10-/m0/s1. The van der Waals surface area contributed by atoms with Crippen molar-refractivity contribution < 1.29 is 23.1 Å². The molecule has 0 saturated carbocycles. The SMILES string of the molecule is CCCC[C@H](NS(=O)(=O)CC(C)COC)C(=O)O. The first kappa shape index (κ1) is 17.3. The fraction of sp³-hybridized carbons (Fsp3) is 0.909. The Kier molecular flexibility index (Phi) is 8.13. The number of carboxylic acids is 1. The molecule has 0 aliphatic rings. The van der Waals surface area contributed by atoms with Crippen LogP contribution in [0.25, 0.3) is 0 Å². The molecule has 0 bridgehead atoms. The van der Waals surface area contributed by atoms with Gasteiger partial charge in [0.15, 0.2) is 0 Å². The normalized spacial score (nSPS) is 15.3. The summed E-state index contributed by atoms with van der Waals surface area (Å²) >= 11 is 0. The van der Waals surface area contributed by atoms with Crippen LogP contribution in [0.15, 0.2) is 0 Å². The van der Waals surface area contributed by atoms with Gasteiger partial charge in [-0.05, 0) is 12.3 Å². The summed E-state index contributed by atoms with van der Waals surface area (Å²) in [4.78, 5) is 10.9. The van der Waals surface area contributed by atoms with Crippen molar-refractivity contribution in [1.29, 1.82) is 0 Å². The average Bonchev–Trinajstić information content (AvgIpc) is 2.23. The zero-order valence-electron chi connectivity index (χ0n) is 11.2. The van der Waals surface area contributed by atoms with Crippen molar-refractivity contribution in [1.82, 2.24) is 4.72 Å². The molecule has 2 atom stereocenters. The first-order valence-electron chi connectivity index (χ1n) is 6.04. The average molecular weight is 281 g/mol. The van der Waals surface area contributed by atoms with Crippen molar-refractivity contribution in [3.8, 4) is 0 Å². The van der Waals surface area contributed by atoms with Crippen LogP contribution in [0, 0.1) is 5.92 Å². The van der Waals surface area contributed by atoms with E-state index in [4.69, 9.17) is 9.84 Å².